The van der Waals surface area contributed by atoms with Gasteiger partial charge < -0.3 is 19.8 Å². The van der Waals surface area contributed by atoms with Crippen LogP contribution in [0.1, 0.15) is 10.5 Å². The number of amides is 1. The third-order valence-electron chi connectivity index (χ3n) is 3.47. The SMILES string of the molecule is COc1cc(OC)c2[nH]c(C(=O)Nc3ccc(F)cc3)cc2c1. The monoisotopic (exact) mass is 314 g/mol. The van der Waals surface area contributed by atoms with Crippen molar-refractivity contribution in [3.8, 4) is 11.5 Å². The maximum Gasteiger partial charge on any atom is 0.272 e. The summed E-state index contributed by atoms with van der Waals surface area (Å²) in [4.78, 5) is 15.3. The summed E-state index contributed by atoms with van der Waals surface area (Å²) in [6.07, 6.45) is 0. The highest BCUT2D eigenvalue weighted by atomic mass is 19.1. The van der Waals surface area contributed by atoms with Crippen LogP contribution in [-0.4, -0.2) is 25.1 Å². The smallest absolute Gasteiger partial charge is 0.272 e. The van der Waals surface area contributed by atoms with Gasteiger partial charge in [-0.3, -0.25) is 4.79 Å². The van der Waals surface area contributed by atoms with E-state index in [2.05, 4.69) is 10.3 Å². The average molecular weight is 314 g/mol. The van der Waals surface area contributed by atoms with E-state index in [-0.39, 0.29) is 11.7 Å². The summed E-state index contributed by atoms with van der Waals surface area (Å²) in [5.74, 6) is 0.540. The van der Waals surface area contributed by atoms with E-state index >= 15 is 0 Å². The van der Waals surface area contributed by atoms with Gasteiger partial charge in [-0.1, -0.05) is 0 Å². The zero-order valence-corrected chi connectivity index (χ0v) is 12.6. The van der Waals surface area contributed by atoms with E-state index in [0.29, 0.717) is 28.4 Å². The molecule has 0 aliphatic carbocycles. The predicted molar refractivity (Wildman–Crippen MR) is 85.8 cm³/mol. The Hall–Kier alpha value is -3.02. The third-order valence-corrected chi connectivity index (χ3v) is 3.47. The molecule has 0 aliphatic heterocycles. The van der Waals surface area contributed by atoms with Crippen LogP contribution in [-0.2, 0) is 0 Å². The average Bonchev–Trinajstić information content (AvgIpc) is 3.00. The van der Waals surface area contributed by atoms with Crippen molar-refractivity contribution in [1.29, 1.82) is 0 Å². The lowest BCUT2D eigenvalue weighted by molar-refractivity contribution is 0.102. The number of methoxy groups -OCH3 is 2. The normalized spacial score (nSPS) is 10.6. The Morgan fingerprint density at radius 1 is 1.09 bits per heavy atom. The highest BCUT2D eigenvalue weighted by Crippen LogP contribution is 2.31. The van der Waals surface area contributed by atoms with E-state index in [9.17, 15) is 9.18 Å². The number of halogens is 1. The van der Waals surface area contributed by atoms with Crippen LogP contribution in [0.15, 0.2) is 42.5 Å². The Morgan fingerprint density at radius 2 is 1.83 bits per heavy atom. The molecule has 6 heteroatoms. The van der Waals surface area contributed by atoms with Crippen molar-refractivity contribution in [2.75, 3.05) is 19.5 Å². The Bertz CT molecular complexity index is 856. The van der Waals surface area contributed by atoms with E-state index in [0.717, 1.165) is 5.39 Å². The van der Waals surface area contributed by atoms with Gasteiger partial charge in [0.2, 0.25) is 0 Å². The molecule has 2 N–H and O–H groups in total. The minimum absolute atomic E-state index is 0.325. The lowest BCUT2D eigenvalue weighted by Gasteiger charge is -2.05. The molecule has 0 spiro atoms. The number of hydrogen-bond acceptors (Lipinski definition) is 3. The van der Waals surface area contributed by atoms with E-state index < -0.39 is 0 Å². The number of H-pyrrole nitrogens is 1. The Kier molecular flexibility index (Phi) is 3.89. The molecule has 23 heavy (non-hydrogen) atoms. The fourth-order valence-corrected chi connectivity index (χ4v) is 2.32. The van der Waals surface area contributed by atoms with Gasteiger partial charge in [0, 0.05) is 17.1 Å². The van der Waals surface area contributed by atoms with Gasteiger partial charge >= 0.3 is 0 Å². The van der Waals surface area contributed by atoms with E-state index in [4.69, 9.17) is 9.47 Å². The van der Waals surface area contributed by atoms with E-state index in [1.807, 2.05) is 6.07 Å². The van der Waals surface area contributed by atoms with Crippen LogP contribution in [0.2, 0.25) is 0 Å². The van der Waals surface area contributed by atoms with Crippen molar-refractivity contribution in [2.24, 2.45) is 0 Å². The first kappa shape index (κ1) is 14.9. The highest BCUT2D eigenvalue weighted by Gasteiger charge is 2.14. The number of rotatable bonds is 4. The summed E-state index contributed by atoms with van der Waals surface area (Å²) in [5.41, 5.74) is 1.59. The van der Waals surface area contributed by atoms with Gasteiger partial charge in [0.25, 0.3) is 5.91 Å². The van der Waals surface area contributed by atoms with Crippen molar-refractivity contribution >= 4 is 22.5 Å². The summed E-state index contributed by atoms with van der Waals surface area (Å²) in [7, 11) is 3.11. The number of ether oxygens (including phenoxy) is 2. The van der Waals surface area contributed by atoms with Gasteiger partial charge in [-0.2, -0.15) is 0 Å². The van der Waals surface area contributed by atoms with E-state index in [1.165, 1.54) is 24.3 Å². The standard InChI is InChI=1S/C17H15FN2O3/c1-22-13-7-10-8-14(20-16(10)15(9-13)23-2)17(21)19-12-5-3-11(18)4-6-12/h3-9,20H,1-2H3,(H,19,21). The number of aromatic amines is 1. The van der Waals surface area contributed by atoms with Crippen LogP contribution in [0, 0.1) is 5.82 Å². The van der Waals surface area contributed by atoms with Gasteiger partial charge in [0.1, 0.15) is 23.0 Å². The number of aromatic nitrogens is 1. The molecule has 0 aliphatic rings. The van der Waals surface area contributed by atoms with Crippen LogP contribution in [0.25, 0.3) is 10.9 Å². The molecule has 3 aromatic rings. The summed E-state index contributed by atoms with van der Waals surface area (Å²) >= 11 is 0. The molecule has 2 aromatic carbocycles. The lowest BCUT2D eigenvalue weighted by Crippen LogP contribution is -2.12. The number of benzene rings is 2. The topological polar surface area (TPSA) is 63.4 Å². The van der Waals surface area contributed by atoms with Gasteiger partial charge in [-0.15, -0.1) is 0 Å². The number of carbonyl (C=O) groups excluding carboxylic acids is 1. The molecule has 3 rings (SSSR count). The van der Waals surface area contributed by atoms with Crippen LogP contribution >= 0.6 is 0 Å². The zero-order valence-electron chi connectivity index (χ0n) is 12.6. The number of hydrogen-bond donors (Lipinski definition) is 2. The lowest BCUT2D eigenvalue weighted by atomic mass is 10.2. The van der Waals surface area contributed by atoms with Crippen LogP contribution in [0.4, 0.5) is 10.1 Å². The fourth-order valence-electron chi connectivity index (χ4n) is 2.32. The summed E-state index contributed by atoms with van der Waals surface area (Å²) in [6.45, 7) is 0. The summed E-state index contributed by atoms with van der Waals surface area (Å²) in [6, 6.07) is 10.8. The fraction of sp³-hybridized carbons (Fsp3) is 0.118. The van der Waals surface area contributed by atoms with Crippen LogP contribution in [0.5, 0.6) is 11.5 Å². The zero-order chi connectivity index (χ0) is 16.4. The number of fused-ring (bicyclic) bond motifs is 1. The van der Waals surface area contributed by atoms with Crippen molar-refractivity contribution in [3.63, 3.8) is 0 Å². The molecule has 5 nitrogen and oxygen atoms in total. The summed E-state index contributed by atoms with van der Waals surface area (Å²) < 4.78 is 23.4. The second kappa shape index (κ2) is 6.00. The van der Waals surface area contributed by atoms with Crippen molar-refractivity contribution in [2.45, 2.75) is 0 Å². The van der Waals surface area contributed by atoms with Crippen LogP contribution < -0.4 is 14.8 Å². The first-order chi connectivity index (χ1) is 11.1. The molecule has 1 aromatic heterocycles. The Labute approximate surface area is 132 Å². The quantitative estimate of drug-likeness (QED) is 0.774. The van der Waals surface area contributed by atoms with E-state index in [1.54, 1.807) is 26.4 Å². The van der Waals surface area contributed by atoms with Crippen molar-refractivity contribution in [3.05, 3.63) is 54.0 Å². The first-order valence-electron chi connectivity index (χ1n) is 6.92. The minimum atomic E-state index is -0.356. The molecule has 0 saturated heterocycles. The molecule has 1 amide bonds. The number of carbonyl (C=O) groups is 1. The minimum Gasteiger partial charge on any atom is -0.497 e. The summed E-state index contributed by atoms with van der Waals surface area (Å²) in [5, 5.41) is 3.50. The molecule has 0 unspecified atom stereocenters. The second-order valence-electron chi connectivity index (χ2n) is 4.94. The predicted octanol–water partition coefficient (Wildman–Crippen LogP) is 3.58. The maximum atomic E-state index is 12.9. The highest BCUT2D eigenvalue weighted by molar-refractivity contribution is 6.06. The Morgan fingerprint density at radius 3 is 2.48 bits per heavy atom. The molecular weight excluding hydrogens is 299 g/mol. The van der Waals surface area contributed by atoms with Gasteiger partial charge in [-0.25, -0.2) is 4.39 Å². The largest absolute Gasteiger partial charge is 0.497 e. The first-order valence-corrected chi connectivity index (χ1v) is 6.92. The van der Waals surface area contributed by atoms with Gasteiger partial charge in [-0.05, 0) is 36.4 Å². The Balaban J connectivity index is 1.93. The number of nitrogens with one attached hydrogen (secondary N) is 2. The molecule has 0 atom stereocenters. The molecule has 0 saturated carbocycles. The maximum absolute atomic E-state index is 12.9. The molecule has 0 fully saturated rings. The van der Waals surface area contributed by atoms with Crippen molar-refractivity contribution < 1.29 is 18.7 Å². The van der Waals surface area contributed by atoms with Gasteiger partial charge in [0.05, 0.1) is 19.7 Å². The third kappa shape index (κ3) is 2.96. The molecular formula is C17H15FN2O3. The number of anilines is 1. The molecule has 0 bridgehead atoms. The second-order valence-corrected chi connectivity index (χ2v) is 4.94. The van der Waals surface area contributed by atoms with Crippen LogP contribution in [0.3, 0.4) is 0 Å². The molecule has 1 heterocycles. The molecule has 118 valence electrons. The van der Waals surface area contributed by atoms with Crippen molar-refractivity contribution in [1.82, 2.24) is 4.98 Å². The molecule has 0 radical (unpaired) electrons. The van der Waals surface area contributed by atoms with Gasteiger partial charge in [0.15, 0.2) is 0 Å².